The molecule has 2 atom stereocenters. The molecule has 8 heteroatoms. The number of nitrogens with zero attached hydrogens (tertiary/aromatic N) is 3. The fraction of sp³-hybridized carbons (Fsp3) is 0.625. The number of anilines is 1. The number of rotatable bonds is 5. The number of carbonyl (C=O) groups excluding carboxylic acids is 2. The normalized spacial score (nSPS) is 20.7. The number of likely N-dealkylation sites (tertiary alicyclic amines) is 1. The zero-order chi connectivity index (χ0) is 17.7. The Hall–Kier alpha value is -1.83. The first-order chi connectivity index (χ1) is 11.4. The molecular weight excluding hydrogens is 328 g/mol. The second-order valence-corrected chi connectivity index (χ2v) is 7.15. The average molecular weight is 352 g/mol. The molecule has 7 nitrogen and oxygen atoms in total. The van der Waals surface area contributed by atoms with Crippen molar-refractivity contribution < 1.29 is 14.3 Å². The molecule has 0 aromatic carbocycles. The van der Waals surface area contributed by atoms with Crippen molar-refractivity contribution in [2.45, 2.75) is 32.3 Å². The number of nitrogens with two attached hydrogens (primary N) is 1. The highest BCUT2D eigenvalue weighted by atomic mass is 32.2. The third kappa shape index (κ3) is 4.83. The van der Waals surface area contributed by atoms with Crippen molar-refractivity contribution in [3.05, 3.63) is 11.8 Å². The van der Waals surface area contributed by atoms with Crippen LogP contribution in [0.3, 0.4) is 0 Å². The Labute approximate surface area is 146 Å². The van der Waals surface area contributed by atoms with E-state index in [1.54, 1.807) is 6.92 Å². The lowest BCUT2D eigenvalue weighted by Crippen LogP contribution is -2.43. The van der Waals surface area contributed by atoms with Gasteiger partial charge in [0.15, 0.2) is 5.16 Å². The Bertz CT molecular complexity index is 601. The van der Waals surface area contributed by atoms with E-state index in [1.807, 2.05) is 4.90 Å². The summed E-state index contributed by atoms with van der Waals surface area (Å²) in [5.41, 5.74) is 5.92. The smallest absolute Gasteiger partial charge is 0.343 e. The van der Waals surface area contributed by atoms with Gasteiger partial charge < -0.3 is 15.4 Å². The Morgan fingerprint density at radius 3 is 2.62 bits per heavy atom. The van der Waals surface area contributed by atoms with Crippen molar-refractivity contribution in [3.8, 4) is 0 Å². The Morgan fingerprint density at radius 2 is 2.04 bits per heavy atom. The van der Waals surface area contributed by atoms with Crippen molar-refractivity contribution >= 4 is 29.5 Å². The van der Waals surface area contributed by atoms with Crippen LogP contribution in [0.4, 0.5) is 5.82 Å². The summed E-state index contributed by atoms with van der Waals surface area (Å²) < 4.78 is 4.88. The van der Waals surface area contributed by atoms with Crippen LogP contribution >= 0.6 is 11.8 Å². The molecule has 1 amide bonds. The van der Waals surface area contributed by atoms with Gasteiger partial charge in [0.1, 0.15) is 11.4 Å². The maximum absolute atomic E-state index is 12.4. The fourth-order valence-corrected chi connectivity index (χ4v) is 3.62. The summed E-state index contributed by atoms with van der Waals surface area (Å²) in [5, 5.41) is 0.381. The fourth-order valence-electron chi connectivity index (χ4n) is 2.90. The number of aromatic nitrogens is 2. The minimum atomic E-state index is -0.543. The summed E-state index contributed by atoms with van der Waals surface area (Å²) in [7, 11) is 0. The number of hydrogen-bond acceptors (Lipinski definition) is 7. The van der Waals surface area contributed by atoms with Crippen molar-refractivity contribution in [1.29, 1.82) is 0 Å². The van der Waals surface area contributed by atoms with Gasteiger partial charge in [0, 0.05) is 19.3 Å². The number of esters is 1. The lowest BCUT2D eigenvalue weighted by atomic mass is 9.92. The standard InChI is InChI=1S/C16H24N4O3S/c1-4-23-15(22)12-6-18-16(19-14(12)17)24-9-13(21)20-7-10(2)5-11(3)8-20/h6,10-11H,4-5,7-9H2,1-3H3,(H2,17,18,19)/t10-,11-/m0/s1. The van der Waals surface area contributed by atoms with Crippen molar-refractivity contribution in [3.63, 3.8) is 0 Å². The molecule has 24 heavy (non-hydrogen) atoms. The predicted octanol–water partition coefficient (Wildman–Crippen LogP) is 1.83. The van der Waals surface area contributed by atoms with Gasteiger partial charge >= 0.3 is 5.97 Å². The second-order valence-electron chi connectivity index (χ2n) is 6.21. The summed E-state index contributed by atoms with van der Waals surface area (Å²) in [6.07, 6.45) is 2.50. The quantitative estimate of drug-likeness (QED) is 0.490. The number of nitrogen functional groups attached to an aromatic ring is 1. The summed E-state index contributed by atoms with van der Waals surface area (Å²) in [6.45, 7) is 7.91. The SMILES string of the molecule is CCOC(=O)c1cnc(SCC(=O)N2C[C@@H](C)C[C@H](C)C2)nc1N. The van der Waals surface area contributed by atoms with Gasteiger partial charge in [-0.15, -0.1) is 0 Å². The van der Waals surface area contributed by atoms with Crippen LogP contribution in [-0.4, -0.2) is 52.2 Å². The molecule has 0 bridgehead atoms. The summed E-state index contributed by atoms with van der Waals surface area (Å²) >= 11 is 1.23. The summed E-state index contributed by atoms with van der Waals surface area (Å²) in [4.78, 5) is 34.1. The van der Waals surface area contributed by atoms with Crippen LogP contribution in [0.2, 0.25) is 0 Å². The molecule has 132 valence electrons. The van der Waals surface area contributed by atoms with E-state index < -0.39 is 5.97 Å². The van der Waals surface area contributed by atoms with Gasteiger partial charge in [0.05, 0.1) is 12.4 Å². The highest BCUT2D eigenvalue weighted by Crippen LogP contribution is 2.23. The third-order valence-corrected chi connectivity index (χ3v) is 4.68. The minimum absolute atomic E-state index is 0.0682. The van der Waals surface area contributed by atoms with Crippen molar-refractivity contribution in [2.24, 2.45) is 11.8 Å². The average Bonchev–Trinajstić information content (AvgIpc) is 2.51. The maximum atomic E-state index is 12.4. The highest BCUT2D eigenvalue weighted by molar-refractivity contribution is 7.99. The molecule has 1 fully saturated rings. The molecule has 0 unspecified atom stereocenters. The molecule has 0 aliphatic carbocycles. The minimum Gasteiger partial charge on any atom is -0.462 e. The second kappa shape index (κ2) is 8.32. The van der Waals surface area contributed by atoms with Gasteiger partial charge in [-0.3, -0.25) is 4.79 Å². The lowest BCUT2D eigenvalue weighted by Gasteiger charge is -2.34. The number of thioether (sulfide) groups is 1. The molecule has 1 aromatic heterocycles. The number of hydrogen-bond donors (Lipinski definition) is 1. The first-order valence-corrected chi connectivity index (χ1v) is 9.09. The summed E-state index contributed by atoms with van der Waals surface area (Å²) in [6, 6.07) is 0. The van der Waals surface area contributed by atoms with Crippen LogP contribution < -0.4 is 5.73 Å². The zero-order valence-electron chi connectivity index (χ0n) is 14.3. The van der Waals surface area contributed by atoms with Crippen molar-refractivity contribution in [2.75, 3.05) is 31.2 Å². The van der Waals surface area contributed by atoms with E-state index in [1.165, 1.54) is 18.0 Å². The summed E-state index contributed by atoms with van der Waals surface area (Å²) in [5.74, 6) is 0.918. The van der Waals surface area contributed by atoms with Crippen LogP contribution in [0.5, 0.6) is 0 Å². The van der Waals surface area contributed by atoms with Gasteiger partial charge in [0.2, 0.25) is 5.91 Å². The molecule has 2 N–H and O–H groups in total. The molecule has 2 heterocycles. The van der Waals surface area contributed by atoms with Crippen LogP contribution in [-0.2, 0) is 9.53 Å². The Kier molecular flexibility index (Phi) is 6.42. The molecule has 1 aliphatic heterocycles. The lowest BCUT2D eigenvalue weighted by molar-refractivity contribution is -0.130. The van der Waals surface area contributed by atoms with E-state index in [-0.39, 0.29) is 29.6 Å². The molecular formula is C16H24N4O3S. The number of piperidine rings is 1. The van der Waals surface area contributed by atoms with E-state index >= 15 is 0 Å². The molecule has 1 saturated heterocycles. The molecule has 0 radical (unpaired) electrons. The van der Waals surface area contributed by atoms with Crippen LogP contribution in [0.25, 0.3) is 0 Å². The highest BCUT2D eigenvalue weighted by Gasteiger charge is 2.25. The van der Waals surface area contributed by atoms with Gasteiger partial charge in [-0.25, -0.2) is 14.8 Å². The van der Waals surface area contributed by atoms with E-state index in [0.29, 0.717) is 17.0 Å². The van der Waals surface area contributed by atoms with Crippen LogP contribution in [0, 0.1) is 11.8 Å². The number of carbonyl (C=O) groups is 2. The zero-order valence-corrected chi connectivity index (χ0v) is 15.1. The van der Waals surface area contributed by atoms with E-state index in [9.17, 15) is 9.59 Å². The first kappa shape index (κ1) is 18.5. The molecule has 0 spiro atoms. The van der Waals surface area contributed by atoms with E-state index in [2.05, 4.69) is 23.8 Å². The topological polar surface area (TPSA) is 98.4 Å². The molecule has 0 saturated carbocycles. The van der Waals surface area contributed by atoms with Gasteiger partial charge in [-0.2, -0.15) is 0 Å². The van der Waals surface area contributed by atoms with Gasteiger partial charge in [-0.1, -0.05) is 25.6 Å². The van der Waals surface area contributed by atoms with E-state index in [0.717, 1.165) is 19.5 Å². The third-order valence-electron chi connectivity index (χ3n) is 3.84. The van der Waals surface area contributed by atoms with Gasteiger partial charge in [-0.05, 0) is 25.2 Å². The first-order valence-electron chi connectivity index (χ1n) is 8.10. The molecule has 1 aliphatic rings. The molecule has 1 aromatic rings. The molecule has 2 rings (SSSR count). The number of ether oxygens (including phenoxy) is 1. The van der Waals surface area contributed by atoms with E-state index in [4.69, 9.17) is 10.5 Å². The Morgan fingerprint density at radius 1 is 1.38 bits per heavy atom. The van der Waals surface area contributed by atoms with Crippen LogP contribution in [0.15, 0.2) is 11.4 Å². The number of amides is 1. The van der Waals surface area contributed by atoms with Crippen LogP contribution in [0.1, 0.15) is 37.6 Å². The van der Waals surface area contributed by atoms with Crippen molar-refractivity contribution in [1.82, 2.24) is 14.9 Å². The predicted molar refractivity (Wildman–Crippen MR) is 92.6 cm³/mol. The largest absolute Gasteiger partial charge is 0.462 e. The maximum Gasteiger partial charge on any atom is 0.343 e. The van der Waals surface area contributed by atoms with Gasteiger partial charge in [0.25, 0.3) is 0 Å². The monoisotopic (exact) mass is 352 g/mol. The Balaban J connectivity index is 1.93.